The fourth-order valence-corrected chi connectivity index (χ4v) is 1.39. The molecule has 0 rings (SSSR count). The zero-order chi connectivity index (χ0) is 12.4. The number of unbranched alkanes of at least 4 members (excludes halogenated alkanes) is 1. The van der Waals surface area contributed by atoms with Gasteiger partial charge in [0.25, 0.3) is 0 Å². The van der Waals surface area contributed by atoms with E-state index in [1.165, 1.54) is 0 Å². The van der Waals surface area contributed by atoms with E-state index in [1.807, 2.05) is 4.90 Å². The van der Waals surface area contributed by atoms with Crippen LogP contribution in [0.5, 0.6) is 0 Å². The Hall–Kier alpha value is -0.730. The van der Waals surface area contributed by atoms with E-state index < -0.39 is 0 Å². The van der Waals surface area contributed by atoms with Gasteiger partial charge in [0.15, 0.2) is 0 Å². The smallest absolute Gasteiger partial charge is 0.409 e. The molecule has 3 nitrogen and oxygen atoms in total. The van der Waals surface area contributed by atoms with Gasteiger partial charge < -0.3 is 9.64 Å². The minimum absolute atomic E-state index is 0.143. The Morgan fingerprint density at radius 2 is 1.88 bits per heavy atom. The van der Waals surface area contributed by atoms with Crippen LogP contribution >= 0.6 is 0 Å². The maximum absolute atomic E-state index is 11.7. The fraction of sp³-hybridized carbons (Fsp3) is 0.923. The van der Waals surface area contributed by atoms with E-state index in [1.54, 1.807) is 0 Å². The maximum Gasteiger partial charge on any atom is 0.409 e. The summed E-state index contributed by atoms with van der Waals surface area (Å²) >= 11 is 0. The topological polar surface area (TPSA) is 29.5 Å². The first-order valence-corrected chi connectivity index (χ1v) is 6.53. The molecule has 0 atom stereocenters. The van der Waals surface area contributed by atoms with Crippen LogP contribution in [0, 0.1) is 5.92 Å². The van der Waals surface area contributed by atoms with Gasteiger partial charge in [-0.1, -0.05) is 34.1 Å². The number of amides is 1. The quantitative estimate of drug-likeness (QED) is 0.635. The SMILES string of the molecule is CCCCN(CCC)C(=O)OCCC(C)C. The summed E-state index contributed by atoms with van der Waals surface area (Å²) in [6.07, 6.45) is 3.96. The number of hydrogen-bond acceptors (Lipinski definition) is 2. The van der Waals surface area contributed by atoms with Crippen molar-refractivity contribution in [3.8, 4) is 0 Å². The summed E-state index contributed by atoms with van der Waals surface area (Å²) in [6, 6.07) is 0. The van der Waals surface area contributed by atoms with Gasteiger partial charge in [-0.05, 0) is 25.2 Å². The molecule has 0 unspecified atom stereocenters. The fourth-order valence-electron chi connectivity index (χ4n) is 1.39. The van der Waals surface area contributed by atoms with Crippen molar-refractivity contribution in [2.24, 2.45) is 5.92 Å². The van der Waals surface area contributed by atoms with Gasteiger partial charge in [0.2, 0.25) is 0 Å². The molecule has 0 aromatic rings. The Morgan fingerprint density at radius 3 is 2.38 bits per heavy atom. The predicted molar refractivity (Wildman–Crippen MR) is 67.6 cm³/mol. The van der Waals surface area contributed by atoms with Crippen molar-refractivity contribution in [1.29, 1.82) is 0 Å². The van der Waals surface area contributed by atoms with Crippen LogP contribution in [0.2, 0.25) is 0 Å². The van der Waals surface area contributed by atoms with Gasteiger partial charge in [0.05, 0.1) is 6.61 Å². The van der Waals surface area contributed by atoms with E-state index in [9.17, 15) is 4.79 Å². The number of carbonyl (C=O) groups is 1. The number of rotatable bonds is 8. The number of hydrogen-bond donors (Lipinski definition) is 0. The molecule has 0 aromatic heterocycles. The molecule has 0 heterocycles. The van der Waals surface area contributed by atoms with Gasteiger partial charge >= 0.3 is 6.09 Å². The lowest BCUT2D eigenvalue weighted by Gasteiger charge is -2.21. The second kappa shape index (κ2) is 9.49. The van der Waals surface area contributed by atoms with Crippen molar-refractivity contribution >= 4 is 6.09 Å². The third kappa shape index (κ3) is 7.55. The first-order valence-electron chi connectivity index (χ1n) is 6.53. The molecule has 0 aliphatic carbocycles. The van der Waals surface area contributed by atoms with Crippen LogP contribution in [0.25, 0.3) is 0 Å². The van der Waals surface area contributed by atoms with Gasteiger partial charge in [0.1, 0.15) is 0 Å². The molecule has 96 valence electrons. The molecule has 0 aliphatic heterocycles. The van der Waals surface area contributed by atoms with Gasteiger partial charge in [-0.15, -0.1) is 0 Å². The highest BCUT2D eigenvalue weighted by Crippen LogP contribution is 2.03. The molecule has 0 radical (unpaired) electrons. The van der Waals surface area contributed by atoms with E-state index in [2.05, 4.69) is 27.7 Å². The van der Waals surface area contributed by atoms with Crippen LogP contribution in [0.3, 0.4) is 0 Å². The van der Waals surface area contributed by atoms with Crippen LogP contribution in [0.1, 0.15) is 53.4 Å². The molecule has 0 saturated carbocycles. The molecule has 1 amide bonds. The average molecular weight is 229 g/mol. The summed E-state index contributed by atoms with van der Waals surface area (Å²) in [7, 11) is 0. The monoisotopic (exact) mass is 229 g/mol. The predicted octanol–water partition coefficient (Wildman–Crippen LogP) is 3.68. The zero-order valence-corrected chi connectivity index (χ0v) is 11.3. The van der Waals surface area contributed by atoms with Gasteiger partial charge in [-0.25, -0.2) is 4.79 Å². The van der Waals surface area contributed by atoms with Crippen molar-refractivity contribution in [2.75, 3.05) is 19.7 Å². The van der Waals surface area contributed by atoms with Crippen LogP contribution in [0.4, 0.5) is 4.79 Å². The third-order valence-corrected chi connectivity index (χ3v) is 2.45. The van der Waals surface area contributed by atoms with E-state index in [0.717, 1.165) is 38.8 Å². The molecule has 0 aromatic carbocycles. The molecule has 0 bridgehead atoms. The Bertz CT molecular complexity index is 181. The number of carbonyl (C=O) groups excluding carboxylic acids is 1. The Balaban J connectivity index is 3.86. The van der Waals surface area contributed by atoms with E-state index in [0.29, 0.717) is 12.5 Å². The van der Waals surface area contributed by atoms with E-state index in [4.69, 9.17) is 4.74 Å². The summed E-state index contributed by atoms with van der Waals surface area (Å²) in [6.45, 7) is 10.7. The summed E-state index contributed by atoms with van der Waals surface area (Å²) in [4.78, 5) is 13.5. The van der Waals surface area contributed by atoms with Crippen molar-refractivity contribution in [3.63, 3.8) is 0 Å². The number of nitrogens with zero attached hydrogens (tertiary/aromatic N) is 1. The third-order valence-electron chi connectivity index (χ3n) is 2.45. The lowest BCUT2D eigenvalue weighted by atomic mass is 10.1. The molecule has 0 spiro atoms. The molecule has 0 aliphatic rings. The lowest BCUT2D eigenvalue weighted by Crippen LogP contribution is -2.33. The molecule has 16 heavy (non-hydrogen) atoms. The largest absolute Gasteiger partial charge is 0.449 e. The van der Waals surface area contributed by atoms with E-state index in [-0.39, 0.29) is 6.09 Å². The standard InChI is InChI=1S/C13H27NO2/c1-5-7-10-14(9-6-2)13(15)16-11-8-12(3)4/h12H,5-11H2,1-4H3. The van der Waals surface area contributed by atoms with Crippen LogP contribution in [-0.4, -0.2) is 30.7 Å². The van der Waals surface area contributed by atoms with Crippen molar-refractivity contribution in [3.05, 3.63) is 0 Å². The summed E-state index contributed by atoms with van der Waals surface area (Å²) in [5, 5.41) is 0. The normalized spacial score (nSPS) is 10.6. The lowest BCUT2D eigenvalue weighted by molar-refractivity contribution is 0.0975. The number of ether oxygens (including phenoxy) is 1. The Labute approximate surface area is 100 Å². The summed E-state index contributed by atoms with van der Waals surface area (Å²) in [5.74, 6) is 0.586. The first kappa shape index (κ1) is 15.3. The van der Waals surface area contributed by atoms with Crippen LogP contribution in [-0.2, 0) is 4.74 Å². The molecule has 3 heteroatoms. The van der Waals surface area contributed by atoms with Crippen molar-refractivity contribution in [2.45, 2.75) is 53.4 Å². The Kier molecular flexibility index (Phi) is 9.06. The van der Waals surface area contributed by atoms with Crippen molar-refractivity contribution in [1.82, 2.24) is 4.90 Å². The second-order valence-electron chi connectivity index (χ2n) is 4.64. The molecule has 0 N–H and O–H groups in total. The molecule has 0 saturated heterocycles. The summed E-state index contributed by atoms with van der Waals surface area (Å²) in [5.41, 5.74) is 0. The second-order valence-corrected chi connectivity index (χ2v) is 4.64. The maximum atomic E-state index is 11.7. The van der Waals surface area contributed by atoms with Crippen LogP contribution < -0.4 is 0 Å². The Morgan fingerprint density at radius 1 is 1.19 bits per heavy atom. The summed E-state index contributed by atoms with van der Waals surface area (Å²) < 4.78 is 5.25. The highest BCUT2D eigenvalue weighted by Gasteiger charge is 2.13. The van der Waals surface area contributed by atoms with Gasteiger partial charge in [-0.3, -0.25) is 0 Å². The molecular weight excluding hydrogens is 202 g/mol. The highest BCUT2D eigenvalue weighted by atomic mass is 16.6. The highest BCUT2D eigenvalue weighted by molar-refractivity contribution is 5.67. The van der Waals surface area contributed by atoms with E-state index >= 15 is 0 Å². The minimum atomic E-state index is -0.143. The van der Waals surface area contributed by atoms with Crippen molar-refractivity contribution < 1.29 is 9.53 Å². The first-order chi connectivity index (χ1) is 7.61. The van der Waals surface area contributed by atoms with Crippen LogP contribution in [0.15, 0.2) is 0 Å². The van der Waals surface area contributed by atoms with Gasteiger partial charge in [0, 0.05) is 13.1 Å². The van der Waals surface area contributed by atoms with Gasteiger partial charge in [-0.2, -0.15) is 0 Å². The molecular formula is C13H27NO2. The zero-order valence-electron chi connectivity index (χ0n) is 11.3. The molecule has 0 fully saturated rings. The minimum Gasteiger partial charge on any atom is -0.449 e. The average Bonchev–Trinajstić information content (AvgIpc) is 2.23.